The van der Waals surface area contributed by atoms with Gasteiger partial charge in [-0.2, -0.15) is 12.6 Å². The van der Waals surface area contributed by atoms with E-state index >= 15 is 0 Å². The average Bonchev–Trinajstić information content (AvgIpc) is 3.06. The largest absolute Gasteiger partial charge is 0.508 e. The number of phenols is 1. The van der Waals surface area contributed by atoms with E-state index in [1.807, 2.05) is 74.5 Å². The highest BCUT2D eigenvalue weighted by molar-refractivity contribution is 7.80. The van der Waals surface area contributed by atoms with Crippen molar-refractivity contribution in [3.05, 3.63) is 102 Å². The van der Waals surface area contributed by atoms with Crippen molar-refractivity contribution in [1.82, 2.24) is 15.5 Å². The lowest BCUT2D eigenvalue weighted by Crippen LogP contribution is -2.59. The Hall–Kier alpha value is -4.51. The summed E-state index contributed by atoms with van der Waals surface area (Å²) in [6, 6.07) is 21.3. The highest BCUT2D eigenvalue weighted by Crippen LogP contribution is 2.20. The van der Waals surface area contributed by atoms with E-state index in [9.17, 15) is 24.3 Å². The Morgan fingerprint density at radius 3 is 1.98 bits per heavy atom. The number of alkyl carbamates (subject to hydrolysis) is 1. The molecule has 11 heteroatoms. The molecule has 10 nitrogen and oxygen atoms in total. The predicted molar refractivity (Wildman–Crippen MR) is 187 cm³/mol. The minimum absolute atomic E-state index is 0.00142. The van der Waals surface area contributed by atoms with Gasteiger partial charge in [0, 0.05) is 18.7 Å². The van der Waals surface area contributed by atoms with E-state index in [1.165, 1.54) is 17.0 Å². The predicted octanol–water partition coefficient (Wildman–Crippen LogP) is 5.43. The Morgan fingerprint density at radius 2 is 1.44 bits per heavy atom. The summed E-state index contributed by atoms with van der Waals surface area (Å²) in [5, 5.41) is 15.4. The first-order chi connectivity index (χ1) is 22.8. The highest BCUT2D eigenvalue weighted by atomic mass is 32.1. The summed E-state index contributed by atoms with van der Waals surface area (Å²) < 4.78 is 11.0. The summed E-state index contributed by atoms with van der Waals surface area (Å²) in [4.78, 5) is 56.3. The summed E-state index contributed by atoms with van der Waals surface area (Å²) >= 11 is 4.37. The van der Waals surface area contributed by atoms with Gasteiger partial charge in [0.05, 0.1) is 0 Å². The Morgan fingerprint density at radius 1 is 0.854 bits per heavy atom. The maximum atomic E-state index is 14.4. The van der Waals surface area contributed by atoms with Gasteiger partial charge in [-0.1, -0.05) is 93.1 Å². The first-order valence-corrected chi connectivity index (χ1v) is 16.7. The Kier molecular flexibility index (Phi) is 14.3. The van der Waals surface area contributed by atoms with Crippen molar-refractivity contribution in [1.29, 1.82) is 0 Å². The van der Waals surface area contributed by atoms with E-state index in [2.05, 4.69) is 23.3 Å². The molecule has 0 aliphatic heterocycles. The first-order valence-electron chi connectivity index (χ1n) is 16.0. The van der Waals surface area contributed by atoms with Gasteiger partial charge in [-0.05, 0) is 55.5 Å². The van der Waals surface area contributed by atoms with Crippen molar-refractivity contribution in [3.8, 4) is 5.75 Å². The quantitative estimate of drug-likeness (QED) is 0.125. The zero-order valence-corrected chi connectivity index (χ0v) is 29.1. The van der Waals surface area contributed by atoms with Crippen LogP contribution in [0.4, 0.5) is 4.79 Å². The summed E-state index contributed by atoms with van der Waals surface area (Å²) in [5.41, 5.74) is 1.39. The maximum Gasteiger partial charge on any atom is 0.408 e. The second-order valence-corrected chi connectivity index (χ2v) is 13.0. The molecule has 48 heavy (non-hydrogen) atoms. The van der Waals surface area contributed by atoms with Crippen LogP contribution in [0, 0.1) is 5.92 Å². The Balaban J connectivity index is 1.99. The van der Waals surface area contributed by atoms with Gasteiger partial charge >= 0.3 is 12.1 Å². The monoisotopic (exact) mass is 677 g/mol. The summed E-state index contributed by atoms with van der Waals surface area (Å²) in [6.07, 6.45) is -0.188. The van der Waals surface area contributed by atoms with E-state index in [0.717, 1.165) is 11.1 Å². The molecule has 0 aliphatic carbocycles. The molecule has 4 atom stereocenters. The molecule has 0 spiro atoms. The average molecular weight is 678 g/mol. The van der Waals surface area contributed by atoms with Crippen LogP contribution < -0.4 is 10.6 Å². The van der Waals surface area contributed by atoms with Gasteiger partial charge in [-0.25, -0.2) is 9.59 Å². The van der Waals surface area contributed by atoms with Crippen LogP contribution in [-0.4, -0.2) is 63.4 Å². The number of carbonyl (C=O) groups is 4. The van der Waals surface area contributed by atoms with Crippen LogP contribution in [0.15, 0.2) is 84.9 Å². The van der Waals surface area contributed by atoms with Crippen LogP contribution in [0.5, 0.6) is 5.75 Å². The molecule has 0 saturated heterocycles. The summed E-state index contributed by atoms with van der Waals surface area (Å²) in [6.45, 7) is 9.03. The van der Waals surface area contributed by atoms with Crippen molar-refractivity contribution in [2.75, 3.05) is 5.75 Å². The molecule has 0 unspecified atom stereocenters. The minimum Gasteiger partial charge on any atom is -0.508 e. The first kappa shape index (κ1) is 37.9. The number of nitrogens with zero attached hydrogens (tertiary/aromatic N) is 1. The molecule has 3 rings (SSSR count). The van der Waals surface area contributed by atoms with Gasteiger partial charge < -0.3 is 30.1 Å². The number of hydrogen-bond donors (Lipinski definition) is 4. The molecule has 0 radical (unpaired) electrons. The number of ether oxygens (including phenoxy) is 2. The molecule has 0 aromatic heterocycles. The molecule has 258 valence electrons. The fraction of sp³-hybridized carbons (Fsp3) is 0.405. The molecule has 0 aliphatic rings. The SMILES string of the molecule is CC[C@H](C)[C@H](NC(=O)[C@H](Cc1ccc(O)cc1)N(Cc1ccccc1)C(=O)[C@H](CS)NC(=O)OCc1ccccc1)C(=O)OC(C)(C)C. The van der Waals surface area contributed by atoms with Crippen LogP contribution in [0.1, 0.15) is 57.7 Å². The second kappa shape index (κ2) is 18.1. The van der Waals surface area contributed by atoms with Gasteiger partial charge in [0.25, 0.3) is 0 Å². The van der Waals surface area contributed by atoms with Gasteiger partial charge in [-0.3, -0.25) is 9.59 Å². The summed E-state index contributed by atoms with van der Waals surface area (Å²) in [7, 11) is 0. The van der Waals surface area contributed by atoms with Crippen molar-refractivity contribution >= 4 is 36.5 Å². The highest BCUT2D eigenvalue weighted by Gasteiger charge is 2.38. The van der Waals surface area contributed by atoms with Gasteiger partial charge in [0.1, 0.15) is 36.1 Å². The van der Waals surface area contributed by atoms with E-state index in [0.29, 0.717) is 12.0 Å². The number of hydrogen-bond acceptors (Lipinski definition) is 8. The van der Waals surface area contributed by atoms with Crippen LogP contribution in [0.3, 0.4) is 0 Å². The fourth-order valence-electron chi connectivity index (χ4n) is 4.90. The topological polar surface area (TPSA) is 134 Å². The molecule has 3 amide bonds. The zero-order valence-electron chi connectivity index (χ0n) is 28.2. The van der Waals surface area contributed by atoms with Gasteiger partial charge in [-0.15, -0.1) is 0 Å². The number of phenolic OH excluding ortho intramolecular Hbond substituents is 1. The molecule has 3 aromatic carbocycles. The van der Waals surface area contributed by atoms with Crippen molar-refractivity contribution in [2.45, 2.75) is 84.3 Å². The third-order valence-electron chi connectivity index (χ3n) is 7.68. The van der Waals surface area contributed by atoms with Crippen LogP contribution in [-0.2, 0) is 43.4 Å². The van der Waals surface area contributed by atoms with Crippen molar-refractivity contribution < 1.29 is 33.8 Å². The normalized spacial score (nSPS) is 13.7. The third kappa shape index (κ3) is 11.9. The number of aromatic hydroxyl groups is 1. The lowest BCUT2D eigenvalue weighted by atomic mass is 9.96. The lowest BCUT2D eigenvalue weighted by molar-refractivity contribution is -0.160. The van der Waals surface area contributed by atoms with Crippen LogP contribution in [0.25, 0.3) is 0 Å². The van der Waals surface area contributed by atoms with Gasteiger partial charge in [0.15, 0.2) is 0 Å². The standard InChI is InChI=1S/C37H47N3O7S/c1-6-25(2)32(35(44)47-37(3,4)5)39-33(42)31(21-26-17-19-29(41)20-18-26)40(22-27-13-9-7-10-14-27)34(43)30(24-48)38-36(45)46-23-28-15-11-8-12-16-28/h7-20,25,30-32,41,48H,6,21-24H2,1-5H3,(H,38,45)(H,39,42)/t25-,30-,31-,32-/m0/s1. The molecule has 0 fully saturated rings. The molecule has 3 N–H and O–H groups in total. The number of carbonyl (C=O) groups excluding carboxylic acids is 4. The van der Waals surface area contributed by atoms with E-state index in [-0.39, 0.29) is 37.0 Å². The molecule has 0 saturated carbocycles. The lowest BCUT2D eigenvalue weighted by Gasteiger charge is -2.35. The number of rotatable bonds is 15. The fourth-order valence-corrected chi connectivity index (χ4v) is 5.15. The smallest absolute Gasteiger partial charge is 0.408 e. The van der Waals surface area contributed by atoms with E-state index in [1.54, 1.807) is 32.9 Å². The maximum absolute atomic E-state index is 14.4. The third-order valence-corrected chi connectivity index (χ3v) is 8.05. The van der Waals surface area contributed by atoms with Crippen LogP contribution in [0.2, 0.25) is 0 Å². The Labute approximate surface area is 288 Å². The van der Waals surface area contributed by atoms with Crippen LogP contribution >= 0.6 is 12.6 Å². The number of thiol groups is 1. The van der Waals surface area contributed by atoms with Crippen molar-refractivity contribution in [2.24, 2.45) is 5.92 Å². The second-order valence-electron chi connectivity index (χ2n) is 12.7. The Bertz CT molecular complexity index is 1480. The number of amides is 3. The molecule has 0 bridgehead atoms. The molecule has 0 heterocycles. The molecular weight excluding hydrogens is 630 g/mol. The van der Waals surface area contributed by atoms with Gasteiger partial charge in [0.2, 0.25) is 11.8 Å². The van der Waals surface area contributed by atoms with E-state index < -0.39 is 47.6 Å². The molecule has 3 aromatic rings. The van der Waals surface area contributed by atoms with Crippen molar-refractivity contribution in [3.63, 3.8) is 0 Å². The minimum atomic E-state index is -1.15. The number of nitrogens with one attached hydrogen (secondary N) is 2. The number of benzene rings is 3. The summed E-state index contributed by atoms with van der Waals surface area (Å²) in [5.74, 6) is -2.03. The zero-order chi connectivity index (χ0) is 35.3. The number of esters is 1. The molecular formula is C37H47N3O7S. The van der Waals surface area contributed by atoms with E-state index in [4.69, 9.17) is 9.47 Å².